The maximum absolute atomic E-state index is 8.68. The molecule has 0 saturated carbocycles. The number of nitriles is 1. The normalized spacial score (nSPS) is 18.9. The summed E-state index contributed by atoms with van der Waals surface area (Å²) in [6, 6.07) is 9.58. The predicted molar refractivity (Wildman–Crippen MR) is 54.6 cm³/mol. The Morgan fingerprint density at radius 3 is 3.00 bits per heavy atom. The molecule has 0 saturated heterocycles. The van der Waals surface area contributed by atoms with Crippen LogP contribution in [0.5, 0.6) is 5.75 Å². The smallest absolute Gasteiger partial charge is 0.218 e. The largest absolute Gasteiger partial charge is 0.496 e. The first-order valence-corrected chi connectivity index (χ1v) is 4.61. The maximum Gasteiger partial charge on any atom is 0.218 e. The van der Waals surface area contributed by atoms with Gasteiger partial charge in [0.2, 0.25) is 6.10 Å². The van der Waals surface area contributed by atoms with E-state index in [1.165, 1.54) is 0 Å². The number of hydrogen-bond donors (Lipinski definition) is 0. The molecular formula is C11H10N2O2. The van der Waals surface area contributed by atoms with Gasteiger partial charge in [0.25, 0.3) is 0 Å². The Morgan fingerprint density at radius 1 is 1.53 bits per heavy atom. The van der Waals surface area contributed by atoms with E-state index >= 15 is 0 Å². The van der Waals surface area contributed by atoms with Crippen molar-refractivity contribution in [3.05, 3.63) is 29.8 Å². The zero-order valence-corrected chi connectivity index (χ0v) is 8.30. The summed E-state index contributed by atoms with van der Waals surface area (Å²) in [6.07, 6.45) is 0.0431. The molecule has 1 aromatic carbocycles. The third kappa shape index (κ3) is 1.77. The van der Waals surface area contributed by atoms with Crippen molar-refractivity contribution in [1.82, 2.24) is 0 Å². The minimum atomic E-state index is -0.468. The van der Waals surface area contributed by atoms with Gasteiger partial charge in [0.1, 0.15) is 11.8 Å². The van der Waals surface area contributed by atoms with Crippen LogP contribution in [0, 0.1) is 11.3 Å². The highest BCUT2D eigenvalue weighted by molar-refractivity contribution is 6.03. The zero-order valence-electron chi connectivity index (χ0n) is 8.30. The Labute approximate surface area is 87.7 Å². The fourth-order valence-electron chi connectivity index (χ4n) is 1.49. The van der Waals surface area contributed by atoms with Gasteiger partial charge >= 0.3 is 0 Å². The minimum absolute atomic E-state index is 0.468. The molecule has 1 unspecified atom stereocenters. The summed E-state index contributed by atoms with van der Waals surface area (Å²) >= 11 is 0. The molecule has 0 bridgehead atoms. The lowest BCUT2D eigenvalue weighted by molar-refractivity contribution is 0.125. The molecule has 0 fully saturated rings. The molecule has 0 radical (unpaired) electrons. The molecule has 1 heterocycles. The molecule has 0 aliphatic carbocycles. The summed E-state index contributed by atoms with van der Waals surface area (Å²) in [7, 11) is 1.61. The molecule has 4 nitrogen and oxygen atoms in total. The van der Waals surface area contributed by atoms with E-state index in [1.54, 1.807) is 7.11 Å². The molecule has 0 spiro atoms. The van der Waals surface area contributed by atoms with E-state index in [4.69, 9.17) is 14.8 Å². The van der Waals surface area contributed by atoms with Crippen molar-refractivity contribution in [2.75, 3.05) is 7.11 Å². The first-order chi connectivity index (χ1) is 7.35. The topological polar surface area (TPSA) is 54.6 Å². The van der Waals surface area contributed by atoms with Gasteiger partial charge < -0.3 is 9.57 Å². The summed E-state index contributed by atoms with van der Waals surface area (Å²) in [5.74, 6) is 0.749. The van der Waals surface area contributed by atoms with Crippen molar-refractivity contribution in [1.29, 1.82) is 5.26 Å². The number of rotatable bonds is 2. The van der Waals surface area contributed by atoms with Crippen molar-refractivity contribution >= 4 is 5.71 Å². The molecule has 15 heavy (non-hydrogen) atoms. The van der Waals surface area contributed by atoms with E-state index in [0.29, 0.717) is 6.42 Å². The van der Waals surface area contributed by atoms with Gasteiger partial charge in [0.05, 0.1) is 12.8 Å². The third-order valence-electron chi connectivity index (χ3n) is 2.23. The summed E-state index contributed by atoms with van der Waals surface area (Å²) in [5.41, 5.74) is 1.65. The molecule has 1 atom stereocenters. The lowest BCUT2D eigenvalue weighted by Gasteiger charge is -2.05. The van der Waals surface area contributed by atoms with Crippen molar-refractivity contribution < 1.29 is 9.57 Å². The van der Waals surface area contributed by atoms with Gasteiger partial charge in [-0.2, -0.15) is 5.26 Å². The van der Waals surface area contributed by atoms with E-state index in [2.05, 4.69) is 5.16 Å². The average Bonchev–Trinajstić information content (AvgIpc) is 2.77. The van der Waals surface area contributed by atoms with Gasteiger partial charge in [0.15, 0.2) is 0 Å². The van der Waals surface area contributed by atoms with Crippen LogP contribution in [0.3, 0.4) is 0 Å². The van der Waals surface area contributed by atoms with Crippen LogP contribution in [0.15, 0.2) is 29.4 Å². The van der Waals surface area contributed by atoms with Crippen LogP contribution in [0.1, 0.15) is 12.0 Å². The lowest BCUT2D eigenvalue weighted by Crippen LogP contribution is -2.06. The molecular weight excluding hydrogens is 192 g/mol. The van der Waals surface area contributed by atoms with Crippen LogP contribution in [0.25, 0.3) is 0 Å². The Bertz CT molecular complexity index is 434. The van der Waals surface area contributed by atoms with Crippen molar-refractivity contribution in [2.24, 2.45) is 5.16 Å². The molecule has 0 amide bonds. The highest BCUT2D eigenvalue weighted by Crippen LogP contribution is 2.23. The van der Waals surface area contributed by atoms with Gasteiger partial charge in [-0.3, -0.25) is 0 Å². The molecule has 4 heteroatoms. The minimum Gasteiger partial charge on any atom is -0.496 e. The number of hydrogen-bond acceptors (Lipinski definition) is 4. The summed E-state index contributed by atoms with van der Waals surface area (Å²) in [5, 5.41) is 12.6. The second kappa shape index (κ2) is 4.01. The van der Waals surface area contributed by atoms with Gasteiger partial charge in [-0.25, -0.2) is 0 Å². The second-order valence-electron chi connectivity index (χ2n) is 3.17. The van der Waals surface area contributed by atoms with E-state index in [-0.39, 0.29) is 0 Å². The molecule has 0 N–H and O–H groups in total. The van der Waals surface area contributed by atoms with E-state index in [1.807, 2.05) is 30.3 Å². The SMILES string of the molecule is COc1ccccc1C1=NOC(C#N)C1. The molecule has 2 rings (SSSR count). The van der Waals surface area contributed by atoms with Crippen LogP contribution < -0.4 is 4.74 Å². The first kappa shape index (κ1) is 9.53. The summed E-state index contributed by atoms with van der Waals surface area (Å²) < 4.78 is 5.21. The highest BCUT2D eigenvalue weighted by atomic mass is 16.6. The Hall–Kier alpha value is -2.02. The Morgan fingerprint density at radius 2 is 2.33 bits per heavy atom. The zero-order chi connectivity index (χ0) is 10.7. The lowest BCUT2D eigenvalue weighted by atomic mass is 10.0. The number of oxime groups is 1. The van der Waals surface area contributed by atoms with Gasteiger partial charge in [0, 0.05) is 12.0 Å². The number of ether oxygens (including phenoxy) is 1. The monoisotopic (exact) mass is 202 g/mol. The molecule has 76 valence electrons. The van der Waals surface area contributed by atoms with E-state index < -0.39 is 6.10 Å². The first-order valence-electron chi connectivity index (χ1n) is 4.61. The molecule has 0 aromatic heterocycles. The third-order valence-corrected chi connectivity index (χ3v) is 2.23. The molecule has 1 aliphatic rings. The highest BCUT2D eigenvalue weighted by Gasteiger charge is 2.23. The molecule has 1 aliphatic heterocycles. The fraction of sp³-hybridized carbons (Fsp3) is 0.273. The van der Waals surface area contributed by atoms with Crippen molar-refractivity contribution in [3.63, 3.8) is 0 Å². The van der Waals surface area contributed by atoms with Crippen LogP contribution in [0.2, 0.25) is 0 Å². The fourth-order valence-corrected chi connectivity index (χ4v) is 1.49. The summed E-state index contributed by atoms with van der Waals surface area (Å²) in [4.78, 5) is 4.94. The average molecular weight is 202 g/mol. The number of para-hydroxylation sites is 1. The Kier molecular flexibility index (Phi) is 2.55. The van der Waals surface area contributed by atoms with Gasteiger partial charge in [-0.15, -0.1) is 0 Å². The Balaban J connectivity index is 2.28. The molecule has 1 aromatic rings. The second-order valence-corrected chi connectivity index (χ2v) is 3.17. The van der Waals surface area contributed by atoms with E-state index in [9.17, 15) is 0 Å². The van der Waals surface area contributed by atoms with Gasteiger partial charge in [-0.1, -0.05) is 17.3 Å². The van der Waals surface area contributed by atoms with Crippen LogP contribution in [-0.4, -0.2) is 18.9 Å². The van der Waals surface area contributed by atoms with Crippen molar-refractivity contribution in [3.8, 4) is 11.8 Å². The van der Waals surface area contributed by atoms with Crippen LogP contribution >= 0.6 is 0 Å². The number of nitrogens with zero attached hydrogens (tertiary/aromatic N) is 2. The maximum atomic E-state index is 8.68. The summed E-state index contributed by atoms with van der Waals surface area (Å²) in [6.45, 7) is 0. The number of methoxy groups -OCH3 is 1. The van der Waals surface area contributed by atoms with Crippen LogP contribution in [0.4, 0.5) is 0 Å². The van der Waals surface area contributed by atoms with Gasteiger partial charge in [-0.05, 0) is 12.1 Å². The predicted octanol–water partition coefficient (Wildman–Crippen LogP) is 1.71. The van der Waals surface area contributed by atoms with Crippen molar-refractivity contribution in [2.45, 2.75) is 12.5 Å². The van der Waals surface area contributed by atoms with E-state index in [0.717, 1.165) is 17.0 Å². The quantitative estimate of drug-likeness (QED) is 0.733. The number of benzene rings is 1. The standard InChI is InChI=1S/C11H10N2O2/c1-14-11-5-3-2-4-9(11)10-6-8(7-12)15-13-10/h2-5,8H,6H2,1H3. The van der Waals surface area contributed by atoms with Crippen LogP contribution in [-0.2, 0) is 4.84 Å².